The molecule has 1 aliphatic rings. The summed E-state index contributed by atoms with van der Waals surface area (Å²) in [5.41, 5.74) is 2.56. The fourth-order valence-electron chi connectivity index (χ4n) is 3.31. The summed E-state index contributed by atoms with van der Waals surface area (Å²) in [5, 5.41) is 7.79. The third-order valence-corrected chi connectivity index (χ3v) is 4.75. The van der Waals surface area contributed by atoms with Gasteiger partial charge in [-0.2, -0.15) is 5.10 Å². The van der Waals surface area contributed by atoms with Gasteiger partial charge in [0.2, 0.25) is 0 Å². The minimum atomic E-state index is -0.0000129. The molecule has 0 aliphatic carbocycles. The predicted octanol–water partition coefficient (Wildman–Crippen LogP) is 2.37. The molecule has 3 aromatic heterocycles. The molecule has 1 amide bonds. The molecule has 0 aromatic carbocycles. The van der Waals surface area contributed by atoms with Gasteiger partial charge in [-0.1, -0.05) is 6.07 Å². The van der Waals surface area contributed by atoms with E-state index >= 15 is 0 Å². The van der Waals surface area contributed by atoms with Crippen molar-refractivity contribution < 1.29 is 4.79 Å². The van der Waals surface area contributed by atoms with Gasteiger partial charge < -0.3 is 10.2 Å². The van der Waals surface area contributed by atoms with Crippen LogP contribution >= 0.6 is 0 Å². The van der Waals surface area contributed by atoms with Crippen LogP contribution in [0.3, 0.4) is 0 Å². The molecule has 4 heterocycles. The molecule has 0 spiro atoms. The van der Waals surface area contributed by atoms with Gasteiger partial charge in [0.15, 0.2) is 0 Å². The van der Waals surface area contributed by atoms with Crippen LogP contribution in [-0.2, 0) is 13.1 Å². The van der Waals surface area contributed by atoms with Crippen molar-refractivity contribution in [2.75, 3.05) is 18.4 Å². The van der Waals surface area contributed by atoms with E-state index in [0.717, 1.165) is 23.8 Å². The number of amides is 1. The first-order valence-corrected chi connectivity index (χ1v) is 9.06. The molecular weight excluding hydrogens is 340 g/mol. The number of nitrogens with one attached hydrogen (secondary N) is 1. The molecule has 138 valence electrons. The minimum Gasteiger partial charge on any atom is -0.370 e. The monoisotopic (exact) mass is 362 g/mol. The number of pyridine rings is 2. The Morgan fingerprint density at radius 2 is 2.07 bits per heavy atom. The highest BCUT2D eigenvalue weighted by atomic mass is 16.2. The zero-order chi connectivity index (χ0) is 18.6. The Labute approximate surface area is 158 Å². The topological polar surface area (TPSA) is 75.9 Å². The molecule has 0 unspecified atom stereocenters. The lowest BCUT2D eigenvalue weighted by molar-refractivity contribution is 0.0724. The lowest BCUT2D eigenvalue weighted by Gasteiger charge is -2.24. The van der Waals surface area contributed by atoms with Crippen LogP contribution < -0.4 is 5.32 Å². The standard InChI is InChI=1S/C20H22N6O/c1-15-5-6-17(11-22-15)20(27)25-12-16(10-23-19-4-2-3-8-21-19)13-26-18(14-25)7-9-24-26/h2-9,11,16H,10,12-14H2,1H3,(H,21,23)/t16-/m1/s1. The molecule has 0 saturated heterocycles. The van der Waals surface area contributed by atoms with Crippen molar-refractivity contribution >= 4 is 11.7 Å². The van der Waals surface area contributed by atoms with E-state index in [-0.39, 0.29) is 11.8 Å². The van der Waals surface area contributed by atoms with Crippen molar-refractivity contribution in [3.05, 3.63) is 71.9 Å². The zero-order valence-electron chi connectivity index (χ0n) is 15.2. The fourth-order valence-corrected chi connectivity index (χ4v) is 3.31. The summed E-state index contributed by atoms with van der Waals surface area (Å²) in [6.45, 7) is 4.59. The van der Waals surface area contributed by atoms with Crippen LogP contribution in [0, 0.1) is 12.8 Å². The van der Waals surface area contributed by atoms with Gasteiger partial charge in [0.1, 0.15) is 5.82 Å². The zero-order valence-corrected chi connectivity index (χ0v) is 15.2. The third kappa shape index (κ3) is 3.97. The van der Waals surface area contributed by atoms with Gasteiger partial charge in [-0.05, 0) is 37.3 Å². The van der Waals surface area contributed by atoms with Crippen LogP contribution in [0.2, 0.25) is 0 Å². The summed E-state index contributed by atoms with van der Waals surface area (Å²) in [5.74, 6) is 1.05. The van der Waals surface area contributed by atoms with Crippen LogP contribution in [0.25, 0.3) is 0 Å². The first-order chi connectivity index (χ1) is 13.2. The molecule has 1 atom stereocenters. The minimum absolute atomic E-state index is 0.0000129. The highest BCUT2D eigenvalue weighted by Crippen LogP contribution is 2.19. The maximum absolute atomic E-state index is 13.0. The molecule has 7 nitrogen and oxygen atoms in total. The number of aromatic nitrogens is 4. The normalized spacial score (nSPS) is 16.5. The Balaban J connectivity index is 1.53. The summed E-state index contributed by atoms with van der Waals surface area (Å²) in [7, 11) is 0. The van der Waals surface area contributed by atoms with Crippen LogP contribution in [-0.4, -0.2) is 43.6 Å². The lowest BCUT2D eigenvalue weighted by Crippen LogP contribution is -2.36. The number of anilines is 1. The highest BCUT2D eigenvalue weighted by Gasteiger charge is 2.26. The molecule has 4 rings (SSSR count). The summed E-state index contributed by atoms with van der Waals surface area (Å²) in [6, 6.07) is 11.5. The van der Waals surface area contributed by atoms with Gasteiger partial charge in [-0.15, -0.1) is 0 Å². The van der Waals surface area contributed by atoms with Crippen LogP contribution in [0.1, 0.15) is 21.7 Å². The first-order valence-electron chi connectivity index (χ1n) is 9.06. The Hall–Kier alpha value is -3.22. The van der Waals surface area contributed by atoms with E-state index in [1.54, 1.807) is 18.6 Å². The van der Waals surface area contributed by atoms with Gasteiger partial charge in [0.25, 0.3) is 5.91 Å². The molecule has 3 aromatic rings. The SMILES string of the molecule is Cc1ccc(C(=O)N2Cc3ccnn3C[C@H](CNc3ccccn3)C2)cn1. The smallest absolute Gasteiger partial charge is 0.255 e. The molecule has 0 radical (unpaired) electrons. The Morgan fingerprint density at radius 1 is 1.15 bits per heavy atom. The predicted molar refractivity (Wildman–Crippen MR) is 102 cm³/mol. The van der Waals surface area contributed by atoms with Gasteiger partial charge in [0.05, 0.1) is 17.8 Å². The second-order valence-electron chi connectivity index (χ2n) is 6.84. The van der Waals surface area contributed by atoms with Crippen LogP contribution in [0.4, 0.5) is 5.82 Å². The van der Waals surface area contributed by atoms with E-state index in [9.17, 15) is 4.79 Å². The van der Waals surface area contributed by atoms with Gasteiger partial charge in [0, 0.05) is 49.8 Å². The molecule has 27 heavy (non-hydrogen) atoms. The van der Waals surface area contributed by atoms with Crippen LogP contribution in [0.5, 0.6) is 0 Å². The summed E-state index contributed by atoms with van der Waals surface area (Å²) in [4.78, 5) is 23.5. The maximum Gasteiger partial charge on any atom is 0.255 e. The molecule has 1 aliphatic heterocycles. The third-order valence-electron chi connectivity index (χ3n) is 4.75. The number of rotatable bonds is 4. The lowest BCUT2D eigenvalue weighted by atomic mass is 10.1. The second-order valence-corrected chi connectivity index (χ2v) is 6.84. The average molecular weight is 362 g/mol. The van der Waals surface area contributed by atoms with Gasteiger partial charge >= 0.3 is 0 Å². The summed E-state index contributed by atoms with van der Waals surface area (Å²) >= 11 is 0. The van der Waals surface area contributed by atoms with Crippen LogP contribution in [0.15, 0.2) is 55.0 Å². The van der Waals surface area contributed by atoms with Gasteiger partial charge in [-0.25, -0.2) is 4.98 Å². The fraction of sp³-hybridized carbons (Fsp3) is 0.300. The quantitative estimate of drug-likeness (QED) is 0.771. The van der Waals surface area contributed by atoms with E-state index in [2.05, 4.69) is 20.4 Å². The largest absolute Gasteiger partial charge is 0.370 e. The van der Waals surface area contributed by atoms with Gasteiger partial charge in [-0.3, -0.25) is 14.5 Å². The highest BCUT2D eigenvalue weighted by molar-refractivity contribution is 5.93. The van der Waals surface area contributed by atoms with E-state index in [1.165, 1.54) is 0 Å². The molecule has 0 saturated carbocycles. The Kier molecular flexibility index (Phi) is 4.82. The van der Waals surface area contributed by atoms with E-state index in [0.29, 0.717) is 25.2 Å². The number of carbonyl (C=O) groups is 1. The van der Waals surface area contributed by atoms with Crippen molar-refractivity contribution in [2.45, 2.75) is 20.0 Å². The Morgan fingerprint density at radius 3 is 2.85 bits per heavy atom. The second kappa shape index (κ2) is 7.57. The number of aryl methyl sites for hydroxylation is 1. The number of carbonyl (C=O) groups excluding carboxylic acids is 1. The first kappa shape index (κ1) is 17.2. The Bertz CT molecular complexity index is 906. The van der Waals surface area contributed by atoms with Crippen molar-refractivity contribution in [3.8, 4) is 0 Å². The summed E-state index contributed by atoms with van der Waals surface area (Å²) in [6.07, 6.45) is 5.21. The van der Waals surface area contributed by atoms with Crippen molar-refractivity contribution in [1.82, 2.24) is 24.6 Å². The van der Waals surface area contributed by atoms with E-state index in [1.807, 2.05) is 52.9 Å². The molecule has 7 heteroatoms. The van der Waals surface area contributed by atoms with E-state index in [4.69, 9.17) is 0 Å². The van der Waals surface area contributed by atoms with Crippen molar-refractivity contribution in [2.24, 2.45) is 5.92 Å². The molecule has 0 bridgehead atoms. The summed E-state index contributed by atoms with van der Waals surface area (Å²) < 4.78 is 1.99. The number of fused-ring (bicyclic) bond motifs is 1. The number of nitrogens with zero attached hydrogens (tertiary/aromatic N) is 5. The molecular formula is C20H22N6O. The maximum atomic E-state index is 13.0. The number of hydrogen-bond acceptors (Lipinski definition) is 5. The van der Waals surface area contributed by atoms with Crippen molar-refractivity contribution in [1.29, 1.82) is 0 Å². The average Bonchev–Trinajstić information content (AvgIpc) is 3.05. The number of hydrogen-bond donors (Lipinski definition) is 1. The van der Waals surface area contributed by atoms with Crippen molar-refractivity contribution in [3.63, 3.8) is 0 Å². The molecule has 1 N–H and O–H groups in total. The molecule has 0 fully saturated rings. The van der Waals surface area contributed by atoms with E-state index < -0.39 is 0 Å².